The van der Waals surface area contributed by atoms with Gasteiger partial charge < -0.3 is 10.6 Å². The normalized spacial score (nSPS) is 11.5. The van der Waals surface area contributed by atoms with Gasteiger partial charge in [0.1, 0.15) is 12.7 Å². The van der Waals surface area contributed by atoms with Gasteiger partial charge in [-0.15, -0.1) is 0 Å². The molecule has 0 radical (unpaired) electrons. The van der Waals surface area contributed by atoms with Gasteiger partial charge in [-0.1, -0.05) is 25.1 Å². The van der Waals surface area contributed by atoms with Crippen LogP contribution in [0.25, 0.3) is 5.69 Å². The highest BCUT2D eigenvalue weighted by Crippen LogP contribution is 2.33. The molecule has 174 valence electrons. The molecule has 0 aliphatic heterocycles. The molecule has 2 aromatic carbocycles. The van der Waals surface area contributed by atoms with Crippen molar-refractivity contribution in [1.29, 1.82) is 0 Å². The smallest absolute Gasteiger partial charge is 0.325 e. The second-order valence-electron chi connectivity index (χ2n) is 7.35. The molecule has 1 heterocycles. The Balaban J connectivity index is 1.66. The number of amides is 2. The van der Waals surface area contributed by atoms with E-state index in [1.165, 1.54) is 28.3 Å². The van der Waals surface area contributed by atoms with E-state index in [1.54, 1.807) is 13.1 Å². The van der Waals surface area contributed by atoms with Crippen molar-refractivity contribution in [3.8, 4) is 5.69 Å². The number of alkyl halides is 3. The van der Waals surface area contributed by atoms with Crippen LogP contribution in [-0.4, -0.2) is 51.6 Å². The molecule has 0 aliphatic rings. The van der Waals surface area contributed by atoms with Crippen LogP contribution < -0.4 is 10.6 Å². The number of rotatable bonds is 8. The lowest BCUT2D eigenvalue weighted by Crippen LogP contribution is -2.36. The zero-order valence-electron chi connectivity index (χ0n) is 18.1. The summed E-state index contributed by atoms with van der Waals surface area (Å²) >= 11 is 0. The van der Waals surface area contributed by atoms with Gasteiger partial charge in [-0.05, 0) is 43.3 Å². The van der Waals surface area contributed by atoms with Crippen LogP contribution in [0.2, 0.25) is 0 Å². The SMILES string of the molecule is CCc1ccccc1NC(=O)CN(C)CC(=O)Nc1cc(C(F)(F)F)ccc1-n1cncn1. The van der Waals surface area contributed by atoms with E-state index in [2.05, 4.69) is 20.7 Å². The molecule has 0 aliphatic carbocycles. The maximum Gasteiger partial charge on any atom is 0.416 e. The first-order valence-corrected chi connectivity index (χ1v) is 10.1. The lowest BCUT2D eigenvalue weighted by atomic mass is 10.1. The minimum Gasteiger partial charge on any atom is -0.325 e. The number of aryl methyl sites for hydroxylation is 1. The standard InChI is InChI=1S/C22H23F3N6O2/c1-3-15-6-4-5-7-17(15)28-20(32)11-30(2)12-21(33)29-18-10-16(22(23,24)25)8-9-19(18)31-14-26-13-27-31/h4-10,13-14H,3,11-12H2,1-2H3,(H,28,32)(H,29,33). The molecule has 0 fully saturated rings. The van der Waals surface area contributed by atoms with Gasteiger partial charge in [0, 0.05) is 5.69 Å². The molecule has 11 heteroatoms. The van der Waals surface area contributed by atoms with Crippen molar-refractivity contribution in [2.24, 2.45) is 0 Å². The Morgan fingerprint density at radius 3 is 2.30 bits per heavy atom. The van der Waals surface area contributed by atoms with E-state index in [-0.39, 0.29) is 30.4 Å². The van der Waals surface area contributed by atoms with Crippen LogP contribution in [0, 0.1) is 0 Å². The first-order valence-electron chi connectivity index (χ1n) is 10.1. The molecule has 0 unspecified atom stereocenters. The zero-order valence-corrected chi connectivity index (χ0v) is 18.1. The fourth-order valence-corrected chi connectivity index (χ4v) is 3.22. The Hall–Kier alpha value is -3.73. The Morgan fingerprint density at radius 2 is 1.70 bits per heavy atom. The molecule has 0 saturated heterocycles. The Kier molecular flexibility index (Phi) is 7.44. The lowest BCUT2D eigenvalue weighted by molar-refractivity contribution is -0.137. The molecule has 0 saturated carbocycles. The lowest BCUT2D eigenvalue weighted by Gasteiger charge is -2.18. The van der Waals surface area contributed by atoms with E-state index < -0.39 is 17.6 Å². The summed E-state index contributed by atoms with van der Waals surface area (Å²) in [6, 6.07) is 10.3. The maximum atomic E-state index is 13.2. The molecule has 3 rings (SSSR count). The van der Waals surface area contributed by atoms with Gasteiger partial charge in [0.05, 0.1) is 30.0 Å². The van der Waals surface area contributed by atoms with Gasteiger partial charge in [-0.25, -0.2) is 9.67 Å². The first kappa shape index (κ1) is 23.9. The van der Waals surface area contributed by atoms with Crippen LogP contribution in [0.3, 0.4) is 0 Å². The molecule has 33 heavy (non-hydrogen) atoms. The summed E-state index contributed by atoms with van der Waals surface area (Å²) in [4.78, 5) is 30.1. The predicted octanol–water partition coefficient (Wildman–Crippen LogP) is 3.36. The van der Waals surface area contributed by atoms with Gasteiger partial charge >= 0.3 is 6.18 Å². The van der Waals surface area contributed by atoms with E-state index >= 15 is 0 Å². The van der Waals surface area contributed by atoms with Crippen LogP contribution in [-0.2, 0) is 22.2 Å². The zero-order chi connectivity index (χ0) is 24.0. The largest absolute Gasteiger partial charge is 0.416 e. The van der Waals surface area contributed by atoms with Gasteiger partial charge in [0.2, 0.25) is 11.8 Å². The second kappa shape index (κ2) is 10.3. The van der Waals surface area contributed by atoms with Gasteiger partial charge in [0.25, 0.3) is 0 Å². The number of halogens is 3. The van der Waals surface area contributed by atoms with Crippen molar-refractivity contribution in [3.05, 3.63) is 66.2 Å². The van der Waals surface area contributed by atoms with E-state index in [9.17, 15) is 22.8 Å². The van der Waals surface area contributed by atoms with Crippen molar-refractivity contribution in [2.75, 3.05) is 30.8 Å². The molecule has 0 atom stereocenters. The number of carbonyl (C=O) groups excluding carboxylic acids is 2. The summed E-state index contributed by atoms with van der Waals surface area (Å²) in [5.74, 6) is -0.895. The van der Waals surface area contributed by atoms with Crippen molar-refractivity contribution >= 4 is 23.2 Å². The molecule has 0 spiro atoms. The summed E-state index contributed by atoms with van der Waals surface area (Å²) in [5, 5.41) is 9.20. The number of likely N-dealkylation sites (N-methyl/N-ethyl adjacent to an activating group) is 1. The average molecular weight is 460 g/mol. The molecule has 2 N–H and O–H groups in total. The Morgan fingerprint density at radius 1 is 1.03 bits per heavy atom. The monoisotopic (exact) mass is 460 g/mol. The highest BCUT2D eigenvalue weighted by molar-refractivity contribution is 5.96. The van der Waals surface area contributed by atoms with Crippen molar-refractivity contribution in [2.45, 2.75) is 19.5 Å². The number of nitrogens with zero attached hydrogens (tertiary/aromatic N) is 4. The van der Waals surface area contributed by atoms with Crippen molar-refractivity contribution < 1.29 is 22.8 Å². The van der Waals surface area contributed by atoms with Crippen LogP contribution in [0.4, 0.5) is 24.5 Å². The Bertz CT molecular complexity index is 1120. The summed E-state index contributed by atoms with van der Waals surface area (Å²) < 4.78 is 40.7. The van der Waals surface area contributed by atoms with Crippen molar-refractivity contribution in [1.82, 2.24) is 19.7 Å². The molecular weight excluding hydrogens is 437 g/mol. The summed E-state index contributed by atoms with van der Waals surface area (Å²) in [6.45, 7) is 1.68. The van der Waals surface area contributed by atoms with Gasteiger partial charge in [0.15, 0.2) is 0 Å². The summed E-state index contributed by atoms with van der Waals surface area (Å²) in [5.41, 5.74) is 0.921. The minimum atomic E-state index is -4.58. The minimum absolute atomic E-state index is 0.0740. The van der Waals surface area contributed by atoms with Crippen LogP contribution >= 0.6 is 0 Å². The fourth-order valence-electron chi connectivity index (χ4n) is 3.22. The molecule has 8 nitrogen and oxygen atoms in total. The number of hydrogen-bond donors (Lipinski definition) is 2. The third kappa shape index (κ3) is 6.39. The van der Waals surface area contributed by atoms with E-state index in [4.69, 9.17) is 0 Å². The number of benzene rings is 2. The number of para-hydroxylation sites is 1. The quantitative estimate of drug-likeness (QED) is 0.538. The molecule has 0 bridgehead atoms. The number of carbonyl (C=O) groups is 2. The molecule has 2 amide bonds. The van der Waals surface area contributed by atoms with Crippen LogP contribution in [0.1, 0.15) is 18.1 Å². The highest BCUT2D eigenvalue weighted by Gasteiger charge is 2.31. The van der Waals surface area contributed by atoms with Crippen LogP contribution in [0.5, 0.6) is 0 Å². The fraction of sp³-hybridized carbons (Fsp3) is 0.273. The topological polar surface area (TPSA) is 92.2 Å². The summed E-state index contributed by atoms with van der Waals surface area (Å²) in [7, 11) is 1.56. The van der Waals surface area contributed by atoms with E-state index in [0.29, 0.717) is 5.69 Å². The molecule has 3 aromatic rings. The highest BCUT2D eigenvalue weighted by atomic mass is 19.4. The average Bonchev–Trinajstić information content (AvgIpc) is 3.27. The predicted molar refractivity (Wildman–Crippen MR) is 117 cm³/mol. The van der Waals surface area contributed by atoms with Crippen LogP contribution in [0.15, 0.2) is 55.1 Å². The first-order chi connectivity index (χ1) is 15.7. The van der Waals surface area contributed by atoms with Gasteiger partial charge in [-0.3, -0.25) is 14.5 Å². The van der Waals surface area contributed by atoms with Crippen molar-refractivity contribution in [3.63, 3.8) is 0 Å². The maximum absolute atomic E-state index is 13.2. The molecular formula is C22H23F3N6O2. The van der Waals surface area contributed by atoms with Gasteiger partial charge in [-0.2, -0.15) is 18.3 Å². The third-order valence-electron chi connectivity index (χ3n) is 4.76. The number of nitrogens with one attached hydrogen (secondary N) is 2. The number of anilines is 2. The van der Waals surface area contributed by atoms with E-state index in [0.717, 1.165) is 24.1 Å². The molecule has 1 aromatic heterocycles. The number of aromatic nitrogens is 3. The Labute approximate surface area is 188 Å². The van der Waals surface area contributed by atoms with E-state index in [1.807, 2.05) is 25.1 Å². The second-order valence-corrected chi connectivity index (χ2v) is 7.35. The number of hydrogen-bond acceptors (Lipinski definition) is 5. The third-order valence-corrected chi connectivity index (χ3v) is 4.76. The summed E-state index contributed by atoms with van der Waals surface area (Å²) in [6.07, 6.45) is -1.29.